The quantitative estimate of drug-likeness (QED) is 0.0222. The van der Waals surface area contributed by atoms with Crippen molar-refractivity contribution in [1.82, 2.24) is 0 Å². The van der Waals surface area contributed by atoms with E-state index in [0.29, 0.717) is 25.7 Å². The Hall–Kier alpha value is -1.94. The molecular weight excluding hydrogens is 1230 g/mol. The number of esters is 4. The molecule has 0 spiro atoms. The van der Waals surface area contributed by atoms with Crippen molar-refractivity contribution in [2.75, 3.05) is 39.6 Å². The van der Waals surface area contributed by atoms with Gasteiger partial charge in [-0.05, 0) is 43.4 Å². The summed E-state index contributed by atoms with van der Waals surface area (Å²) in [4.78, 5) is 72.7. The Kier molecular flexibility index (Phi) is 64.3. The lowest BCUT2D eigenvalue weighted by molar-refractivity contribution is -0.161. The van der Waals surface area contributed by atoms with Crippen molar-refractivity contribution in [1.29, 1.82) is 0 Å². The van der Waals surface area contributed by atoms with Gasteiger partial charge < -0.3 is 33.8 Å². The predicted molar refractivity (Wildman–Crippen MR) is 381 cm³/mol. The second kappa shape index (κ2) is 65.7. The van der Waals surface area contributed by atoms with E-state index >= 15 is 0 Å². The fourth-order valence-corrected chi connectivity index (χ4v) is 13.0. The maximum absolute atomic E-state index is 13.1. The van der Waals surface area contributed by atoms with Crippen LogP contribution in [0.3, 0.4) is 0 Å². The highest BCUT2D eigenvalue weighted by molar-refractivity contribution is 7.47. The SMILES string of the molecule is CCCCCCCCCCC(=O)OC[C@H](COP(=O)(O)OC[C@H](O)COP(=O)(O)OC[C@@H](COC(=O)CCCCCCCCCCCCCCC(C)C)OC(=O)CCCCCCCCCCCCCCCCCCC(C)C)OC(=O)CCCCCCCCCCCC(C)C. The van der Waals surface area contributed by atoms with Gasteiger partial charge >= 0.3 is 39.5 Å². The second-order valence-electron chi connectivity index (χ2n) is 28.5. The lowest BCUT2D eigenvalue weighted by atomic mass is 10.0. The molecule has 0 aromatic heterocycles. The molecular formula is C75H146O17P2. The Morgan fingerprint density at radius 3 is 0.723 bits per heavy atom. The van der Waals surface area contributed by atoms with E-state index in [1.165, 1.54) is 186 Å². The molecule has 0 heterocycles. The molecule has 17 nitrogen and oxygen atoms in total. The largest absolute Gasteiger partial charge is 0.472 e. The highest BCUT2D eigenvalue weighted by Crippen LogP contribution is 2.45. The van der Waals surface area contributed by atoms with Crippen molar-refractivity contribution in [3.05, 3.63) is 0 Å². The van der Waals surface area contributed by atoms with Crippen molar-refractivity contribution < 1.29 is 80.2 Å². The number of rotatable bonds is 73. The number of aliphatic hydroxyl groups is 1. The van der Waals surface area contributed by atoms with Gasteiger partial charge in [0.2, 0.25) is 0 Å². The minimum atomic E-state index is -4.96. The molecule has 0 aromatic rings. The Morgan fingerprint density at radius 1 is 0.287 bits per heavy atom. The molecule has 0 aliphatic heterocycles. The normalized spacial score (nSPS) is 14.1. The molecule has 0 saturated carbocycles. The van der Waals surface area contributed by atoms with E-state index in [1.54, 1.807) is 0 Å². The van der Waals surface area contributed by atoms with Crippen molar-refractivity contribution in [2.45, 2.75) is 401 Å². The Labute approximate surface area is 575 Å². The van der Waals surface area contributed by atoms with Crippen LogP contribution in [0.4, 0.5) is 0 Å². The van der Waals surface area contributed by atoms with E-state index in [0.717, 1.165) is 114 Å². The minimum Gasteiger partial charge on any atom is -0.462 e. The molecule has 558 valence electrons. The van der Waals surface area contributed by atoms with Crippen LogP contribution in [0, 0.1) is 17.8 Å². The van der Waals surface area contributed by atoms with Crippen LogP contribution in [0.5, 0.6) is 0 Å². The van der Waals surface area contributed by atoms with Crippen molar-refractivity contribution in [3.63, 3.8) is 0 Å². The third-order valence-corrected chi connectivity index (χ3v) is 19.3. The molecule has 5 atom stereocenters. The van der Waals surface area contributed by atoms with Gasteiger partial charge in [0, 0.05) is 25.7 Å². The van der Waals surface area contributed by atoms with Crippen LogP contribution in [-0.4, -0.2) is 96.7 Å². The molecule has 0 saturated heterocycles. The number of phosphoric acid groups is 2. The molecule has 0 radical (unpaired) electrons. The summed E-state index contributed by atoms with van der Waals surface area (Å²) in [5.41, 5.74) is 0. The zero-order valence-corrected chi connectivity index (χ0v) is 63.2. The van der Waals surface area contributed by atoms with Gasteiger partial charge in [0.25, 0.3) is 0 Å². The number of hydrogen-bond donors (Lipinski definition) is 3. The van der Waals surface area contributed by atoms with E-state index in [2.05, 4.69) is 48.5 Å². The molecule has 0 aliphatic rings. The summed E-state index contributed by atoms with van der Waals surface area (Å²) in [6.45, 7) is 11.9. The number of phosphoric ester groups is 2. The van der Waals surface area contributed by atoms with Crippen LogP contribution in [0.25, 0.3) is 0 Å². The maximum atomic E-state index is 13.1. The average Bonchev–Trinajstić information content (AvgIpc) is 1.11. The van der Waals surface area contributed by atoms with Crippen molar-refractivity contribution in [3.8, 4) is 0 Å². The Morgan fingerprint density at radius 2 is 0.489 bits per heavy atom. The molecule has 0 aromatic carbocycles. The summed E-state index contributed by atoms with van der Waals surface area (Å²) in [6, 6.07) is 0. The van der Waals surface area contributed by atoms with Crippen LogP contribution in [-0.2, 0) is 65.4 Å². The van der Waals surface area contributed by atoms with Gasteiger partial charge in [-0.15, -0.1) is 0 Å². The van der Waals surface area contributed by atoms with E-state index in [4.69, 9.17) is 37.0 Å². The van der Waals surface area contributed by atoms with E-state index in [-0.39, 0.29) is 25.7 Å². The Bertz CT molecular complexity index is 1840. The van der Waals surface area contributed by atoms with Crippen LogP contribution in [0.15, 0.2) is 0 Å². The summed E-state index contributed by atoms with van der Waals surface area (Å²) < 4.78 is 68.4. The number of ether oxygens (including phenoxy) is 4. The van der Waals surface area contributed by atoms with Gasteiger partial charge in [0.15, 0.2) is 12.2 Å². The van der Waals surface area contributed by atoms with Gasteiger partial charge in [0.1, 0.15) is 19.3 Å². The first-order chi connectivity index (χ1) is 45.2. The Balaban J connectivity index is 5.21. The zero-order chi connectivity index (χ0) is 69.4. The number of unbranched alkanes of at least 4 members (excludes halogenated alkanes) is 41. The molecule has 3 N–H and O–H groups in total. The second-order valence-corrected chi connectivity index (χ2v) is 31.4. The minimum absolute atomic E-state index is 0.105. The summed E-state index contributed by atoms with van der Waals surface area (Å²) in [5, 5.41) is 10.6. The van der Waals surface area contributed by atoms with E-state index in [9.17, 15) is 43.2 Å². The molecule has 19 heteroatoms. The first-order valence-corrected chi connectivity index (χ1v) is 41.8. The van der Waals surface area contributed by atoms with Crippen LogP contribution >= 0.6 is 15.6 Å². The van der Waals surface area contributed by atoms with Crippen LogP contribution in [0.1, 0.15) is 382 Å². The van der Waals surface area contributed by atoms with E-state index < -0.39 is 97.5 Å². The first kappa shape index (κ1) is 92.1. The van der Waals surface area contributed by atoms with Gasteiger partial charge in [-0.3, -0.25) is 37.3 Å². The molecule has 0 bridgehead atoms. The average molecular weight is 1380 g/mol. The molecule has 0 aliphatic carbocycles. The maximum Gasteiger partial charge on any atom is 0.472 e. The predicted octanol–water partition coefficient (Wildman–Crippen LogP) is 21.8. The lowest BCUT2D eigenvalue weighted by Crippen LogP contribution is -2.30. The number of carbonyl (C=O) groups excluding carboxylic acids is 4. The summed E-state index contributed by atoms with van der Waals surface area (Å²) in [7, 11) is -9.91. The molecule has 0 amide bonds. The summed E-state index contributed by atoms with van der Waals surface area (Å²) >= 11 is 0. The van der Waals surface area contributed by atoms with Crippen LogP contribution < -0.4 is 0 Å². The summed E-state index contributed by atoms with van der Waals surface area (Å²) in [6.07, 6.45) is 51.4. The number of hydrogen-bond acceptors (Lipinski definition) is 15. The molecule has 94 heavy (non-hydrogen) atoms. The van der Waals surface area contributed by atoms with Crippen molar-refractivity contribution >= 4 is 39.5 Å². The number of carbonyl (C=O) groups is 4. The topological polar surface area (TPSA) is 237 Å². The number of aliphatic hydroxyl groups excluding tert-OH is 1. The first-order valence-electron chi connectivity index (χ1n) is 38.8. The van der Waals surface area contributed by atoms with Gasteiger partial charge in [-0.2, -0.15) is 0 Å². The zero-order valence-electron chi connectivity index (χ0n) is 61.4. The molecule has 0 rings (SSSR count). The summed E-state index contributed by atoms with van der Waals surface area (Å²) in [5.74, 6) is 0.206. The highest BCUT2D eigenvalue weighted by Gasteiger charge is 2.30. The lowest BCUT2D eigenvalue weighted by Gasteiger charge is -2.21. The molecule has 2 unspecified atom stereocenters. The monoisotopic (exact) mass is 1380 g/mol. The third kappa shape index (κ3) is 68.6. The molecule has 0 fully saturated rings. The van der Waals surface area contributed by atoms with Gasteiger partial charge in [-0.1, -0.05) is 331 Å². The highest BCUT2D eigenvalue weighted by atomic mass is 31.2. The van der Waals surface area contributed by atoms with Gasteiger partial charge in [-0.25, -0.2) is 9.13 Å². The fraction of sp³-hybridized carbons (Fsp3) is 0.947. The van der Waals surface area contributed by atoms with Crippen molar-refractivity contribution in [2.24, 2.45) is 17.8 Å². The van der Waals surface area contributed by atoms with Crippen LogP contribution in [0.2, 0.25) is 0 Å². The van der Waals surface area contributed by atoms with Gasteiger partial charge in [0.05, 0.1) is 26.4 Å². The fourth-order valence-electron chi connectivity index (χ4n) is 11.4. The smallest absolute Gasteiger partial charge is 0.462 e. The standard InChI is InChI=1S/C75H146O17P2/c1-8-9-10-11-12-35-42-49-56-72(77)85-62-70(92-75(80)59-52-45-38-31-25-28-34-41-48-55-68(6)7)64-89-93(81,82)87-60-69(76)61-88-94(83,84)90-65-71(63-86-73(78)57-50-43-36-29-23-20-19-22-27-33-40-47-54-67(4)5)91-74(79)58-51-44-37-30-24-18-16-14-13-15-17-21-26-32-39-46-53-66(2)3/h66-71,76H,8-65H2,1-7H3,(H,81,82)(H,83,84)/t69-,70+,71+/m0/s1. The third-order valence-electron chi connectivity index (χ3n) is 17.4. The van der Waals surface area contributed by atoms with E-state index in [1.807, 2.05) is 0 Å².